The molecule has 2 rings (SSSR count). The first-order valence-electron chi connectivity index (χ1n) is 9.56. The van der Waals surface area contributed by atoms with Gasteiger partial charge in [-0.15, -0.1) is 0 Å². The molecule has 0 radical (unpaired) electrons. The first-order chi connectivity index (χ1) is 13.9. The number of rotatable bonds is 9. The highest BCUT2D eigenvalue weighted by Gasteiger charge is 2.29. The molecule has 0 spiro atoms. The van der Waals surface area contributed by atoms with E-state index in [9.17, 15) is 9.59 Å². The van der Waals surface area contributed by atoms with Crippen LogP contribution in [0.4, 0.5) is 0 Å². The number of hydrogen-bond acceptors (Lipinski definition) is 3. The molecule has 0 aromatic heterocycles. The summed E-state index contributed by atoms with van der Waals surface area (Å²) in [5, 5.41) is 3.98. The molecular weight excluding hydrogens is 411 g/mol. The van der Waals surface area contributed by atoms with Crippen LogP contribution in [0.2, 0.25) is 10.0 Å². The van der Waals surface area contributed by atoms with Crippen molar-refractivity contribution in [1.29, 1.82) is 0 Å². The fraction of sp³-hybridized carbons (Fsp3) is 0.364. The number of likely N-dealkylation sites (N-methyl/N-ethyl adjacent to an activating group) is 1. The van der Waals surface area contributed by atoms with Crippen LogP contribution in [0.1, 0.15) is 31.4 Å². The molecule has 2 aromatic rings. The number of halogens is 2. The van der Waals surface area contributed by atoms with Gasteiger partial charge in [-0.25, -0.2) is 0 Å². The second-order valence-electron chi connectivity index (χ2n) is 6.63. The van der Waals surface area contributed by atoms with Gasteiger partial charge in [-0.3, -0.25) is 9.59 Å². The van der Waals surface area contributed by atoms with E-state index in [1.807, 2.05) is 39.0 Å². The Hall–Kier alpha value is -2.24. The fourth-order valence-corrected chi connectivity index (χ4v) is 3.27. The molecule has 7 heteroatoms. The topological polar surface area (TPSA) is 58.6 Å². The number of hydrogen-bond donors (Lipinski definition) is 1. The van der Waals surface area contributed by atoms with E-state index in [0.717, 1.165) is 11.1 Å². The number of ether oxygens (including phenoxy) is 1. The maximum atomic E-state index is 13.0. The molecule has 0 heterocycles. The smallest absolute Gasteiger partial charge is 0.261 e. The zero-order chi connectivity index (χ0) is 21.4. The van der Waals surface area contributed by atoms with Crippen LogP contribution in [-0.2, 0) is 16.1 Å². The Labute approximate surface area is 181 Å². The number of nitrogens with zero attached hydrogens (tertiary/aromatic N) is 1. The molecule has 156 valence electrons. The minimum Gasteiger partial charge on any atom is -0.484 e. The molecule has 0 aliphatic rings. The summed E-state index contributed by atoms with van der Waals surface area (Å²) in [7, 11) is 0. The number of carbonyl (C=O) groups excluding carboxylic acids is 2. The summed E-state index contributed by atoms with van der Waals surface area (Å²) in [6, 6.07) is 11.9. The minimum atomic E-state index is -0.616. The van der Waals surface area contributed by atoms with E-state index in [-0.39, 0.29) is 25.0 Å². The number of carbonyl (C=O) groups is 2. The maximum absolute atomic E-state index is 13.0. The third-order valence-corrected chi connectivity index (χ3v) is 5.32. The Balaban J connectivity index is 2.22. The average Bonchev–Trinajstić information content (AvgIpc) is 2.70. The van der Waals surface area contributed by atoms with Gasteiger partial charge in [-0.05, 0) is 55.7 Å². The molecule has 29 heavy (non-hydrogen) atoms. The Bertz CT molecular complexity index is 858. The van der Waals surface area contributed by atoms with Gasteiger partial charge >= 0.3 is 0 Å². The zero-order valence-electron chi connectivity index (χ0n) is 16.9. The maximum Gasteiger partial charge on any atom is 0.261 e. The van der Waals surface area contributed by atoms with Gasteiger partial charge in [0, 0.05) is 23.1 Å². The number of benzene rings is 2. The molecule has 1 atom stereocenters. The van der Waals surface area contributed by atoms with E-state index in [1.165, 1.54) is 4.90 Å². The molecule has 0 bridgehead atoms. The van der Waals surface area contributed by atoms with Gasteiger partial charge in [0.05, 0.1) is 0 Å². The van der Waals surface area contributed by atoms with E-state index >= 15 is 0 Å². The monoisotopic (exact) mass is 436 g/mol. The van der Waals surface area contributed by atoms with Crippen LogP contribution < -0.4 is 10.1 Å². The SMILES string of the molecule is CCNC(=O)C(CC)N(Cc1ccccc1Cl)C(=O)COc1ccc(Cl)c(C)c1. The van der Waals surface area contributed by atoms with Crippen molar-refractivity contribution in [3.63, 3.8) is 0 Å². The van der Waals surface area contributed by atoms with Gasteiger partial charge in [-0.1, -0.05) is 48.3 Å². The lowest BCUT2D eigenvalue weighted by Crippen LogP contribution is -2.50. The summed E-state index contributed by atoms with van der Waals surface area (Å²) in [6.07, 6.45) is 0.474. The van der Waals surface area contributed by atoms with E-state index in [4.69, 9.17) is 27.9 Å². The van der Waals surface area contributed by atoms with E-state index in [1.54, 1.807) is 24.3 Å². The molecule has 0 saturated heterocycles. The normalized spacial score (nSPS) is 11.6. The van der Waals surface area contributed by atoms with E-state index < -0.39 is 6.04 Å². The summed E-state index contributed by atoms with van der Waals surface area (Å²) in [6.45, 7) is 6.10. The van der Waals surface area contributed by atoms with Gasteiger partial charge in [0.25, 0.3) is 5.91 Å². The van der Waals surface area contributed by atoms with Crippen molar-refractivity contribution in [1.82, 2.24) is 10.2 Å². The summed E-state index contributed by atoms with van der Waals surface area (Å²) in [5.74, 6) is 0.0531. The molecule has 0 fully saturated rings. The molecule has 0 aliphatic carbocycles. The van der Waals surface area contributed by atoms with Crippen LogP contribution in [0.5, 0.6) is 5.75 Å². The van der Waals surface area contributed by atoms with Crippen LogP contribution >= 0.6 is 23.2 Å². The Morgan fingerprint density at radius 1 is 1.10 bits per heavy atom. The second-order valence-corrected chi connectivity index (χ2v) is 7.45. The number of aryl methyl sites for hydroxylation is 1. The standard InChI is InChI=1S/C22H26Cl2N2O3/c1-4-20(22(28)25-5-2)26(13-16-8-6-7-9-19(16)24)21(27)14-29-17-10-11-18(23)15(3)12-17/h6-12,20H,4-5,13-14H2,1-3H3,(H,25,28). The molecule has 2 aromatic carbocycles. The third kappa shape index (κ3) is 6.38. The fourth-order valence-electron chi connectivity index (χ4n) is 2.96. The Morgan fingerprint density at radius 3 is 2.45 bits per heavy atom. The average molecular weight is 437 g/mol. The molecule has 0 aliphatic heterocycles. The van der Waals surface area contributed by atoms with Crippen molar-refractivity contribution in [3.05, 3.63) is 63.6 Å². The van der Waals surface area contributed by atoms with Crippen molar-refractivity contribution in [2.24, 2.45) is 0 Å². The van der Waals surface area contributed by atoms with Crippen LogP contribution in [0.15, 0.2) is 42.5 Å². The Kier molecular flexibility index (Phi) is 8.80. The quantitative estimate of drug-likeness (QED) is 0.623. The van der Waals surface area contributed by atoms with Crippen molar-refractivity contribution in [3.8, 4) is 5.75 Å². The van der Waals surface area contributed by atoms with Gasteiger partial charge in [0.1, 0.15) is 11.8 Å². The first-order valence-corrected chi connectivity index (χ1v) is 10.3. The number of amides is 2. The number of nitrogens with one attached hydrogen (secondary N) is 1. The lowest BCUT2D eigenvalue weighted by molar-refractivity contribution is -0.142. The van der Waals surface area contributed by atoms with Gasteiger partial charge in [0.15, 0.2) is 6.61 Å². The Morgan fingerprint density at radius 2 is 1.83 bits per heavy atom. The highest BCUT2D eigenvalue weighted by Crippen LogP contribution is 2.22. The first kappa shape index (κ1) is 23.0. The van der Waals surface area contributed by atoms with E-state index in [0.29, 0.717) is 28.8 Å². The van der Waals surface area contributed by atoms with Gasteiger partial charge < -0.3 is 15.0 Å². The lowest BCUT2D eigenvalue weighted by atomic mass is 10.1. The molecule has 5 nitrogen and oxygen atoms in total. The van der Waals surface area contributed by atoms with Gasteiger partial charge in [-0.2, -0.15) is 0 Å². The highest BCUT2D eigenvalue weighted by molar-refractivity contribution is 6.31. The van der Waals surface area contributed by atoms with Gasteiger partial charge in [0.2, 0.25) is 5.91 Å². The van der Waals surface area contributed by atoms with Crippen molar-refractivity contribution >= 4 is 35.0 Å². The van der Waals surface area contributed by atoms with Crippen molar-refractivity contribution in [2.45, 2.75) is 39.8 Å². The van der Waals surface area contributed by atoms with Crippen LogP contribution in [0.25, 0.3) is 0 Å². The highest BCUT2D eigenvalue weighted by atomic mass is 35.5. The molecule has 0 saturated carbocycles. The van der Waals surface area contributed by atoms with Crippen LogP contribution in [0, 0.1) is 6.92 Å². The summed E-state index contributed by atoms with van der Waals surface area (Å²) in [5.41, 5.74) is 1.63. The third-order valence-electron chi connectivity index (χ3n) is 4.53. The van der Waals surface area contributed by atoms with Crippen LogP contribution in [-0.4, -0.2) is 35.9 Å². The molecule has 2 amide bonds. The molecule has 1 N–H and O–H groups in total. The zero-order valence-corrected chi connectivity index (χ0v) is 18.4. The van der Waals surface area contributed by atoms with Crippen LogP contribution in [0.3, 0.4) is 0 Å². The minimum absolute atomic E-state index is 0.193. The lowest BCUT2D eigenvalue weighted by Gasteiger charge is -2.30. The predicted molar refractivity (Wildman–Crippen MR) is 116 cm³/mol. The summed E-state index contributed by atoms with van der Waals surface area (Å²) in [4.78, 5) is 27.1. The summed E-state index contributed by atoms with van der Waals surface area (Å²) >= 11 is 12.3. The molecular formula is C22H26Cl2N2O3. The second kappa shape index (κ2) is 11.1. The summed E-state index contributed by atoms with van der Waals surface area (Å²) < 4.78 is 5.67. The van der Waals surface area contributed by atoms with Crippen molar-refractivity contribution in [2.75, 3.05) is 13.2 Å². The van der Waals surface area contributed by atoms with E-state index in [2.05, 4.69) is 5.32 Å². The molecule has 1 unspecified atom stereocenters. The largest absolute Gasteiger partial charge is 0.484 e. The predicted octanol–water partition coefficient (Wildman–Crippen LogP) is 4.62. The van der Waals surface area contributed by atoms with Crippen molar-refractivity contribution < 1.29 is 14.3 Å².